The van der Waals surface area contributed by atoms with Crippen molar-refractivity contribution in [1.29, 1.82) is 0 Å². The van der Waals surface area contributed by atoms with E-state index in [4.69, 9.17) is 9.47 Å². The largest absolute Gasteiger partial charge is 0.377 e. The summed E-state index contributed by atoms with van der Waals surface area (Å²) in [5.74, 6) is 0.544. The molecule has 0 bridgehead atoms. The zero-order valence-corrected chi connectivity index (χ0v) is 13.6. The van der Waals surface area contributed by atoms with Crippen molar-refractivity contribution in [3.8, 4) is 0 Å². The Morgan fingerprint density at radius 1 is 1.48 bits per heavy atom. The zero-order valence-electron chi connectivity index (χ0n) is 12.8. The van der Waals surface area contributed by atoms with Gasteiger partial charge in [-0.3, -0.25) is 4.90 Å². The lowest BCUT2D eigenvalue weighted by molar-refractivity contribution is -0.0866. The van der Waals surface area contributed by atoms with E-state index in [0.29, 0.717) is 24.7 Å². The van der Waals surface area contributed by atoms with E-state index in [-0.39, 0.29) is 0 Å². The van der Waals surface area contributed by atoms with Crippen LogP contribution in [0.25, 0.3) is 0 Å². The van der Waals surface area contributed by atoms with Gasteiger partial charge in [-0.05, 0) is 31.9 Å². The molecule has 2 aliphatic rings. The third-order valence-corrected chi connectivity index (χ3v) is 5.54. The predicted octanol–water partition coefficient (Wildman–Crippen LogP) is 3.24. The molecule has 2 heterocycles. The highest BCUT2D eigenvalue weighted by Crippen LogP contribution is 2.36. The van der Waals surface area contributed by atoms with Crippen LogP contribution in [0.5, 0.6) is 0 Å². The molecule has 2 fully saturated rings. The Labute approximate surface area is 131 Å². The summed E-state index contributed by atoms with van der Waals surface area (Å²) in [6, 6.07) is 5.06. The maximum Gasteiger partial charge on any atom is 0.0781 e. The molecular weight excluding hydrogens is 282 g/mol. The monoisotopic (exact) mass is 307 g/mol. The van der Waals surface area contributed by atoms with E-state index < -0.39 is 0 Å². The molecule has 3 atom stereocenters. The van der Waals surface area contributed by atoms with E-state index >= 15 is 0 Å². The minimum Gasteiger partial charge on any atom is -0.377 e. The lowest BCUT2D eigenvalue weighted by atomic mass is 10.0. The third kappa shape index (κ3) is 3.57. The van der Waals surface area contributed by atoms with Gasteiger partial charge in [0.05, 0.1) is 25.9 Å². The Kier molecular flexibility index (Phi) is 5.11. The van der Waals surface area contributed by atoms with Gasteiger partial charge in [-0.15, -0.1) is 17.9 Å². The number of rotatable bonds is 6. The van der Waals surface area contributed by atoms with E-state index in [2.05, 4.69) is 30.5 Å². The fraction of sp³-hybridized carbons (Fsp3) is 0.647. The molecule has 1 aliphatic carbocycles. The van der Waals surface area contributed by atoms with Crippen LogP contribution < -0.4 is 0 Å². The summed E-state index contributed by atoms with van der Waals surface area (Å²) in [5.41, 5.74) is 0. The fourth-order valence-corrected chi connectivity index (χ4v) is 4.50. The molecule has 0 N–H and O–H groups in total. The van der Waals surface area contributed by atoms with Gasteiger partial charge in [0.15, 0.2) is 0 Å². The summed E-state index contributed by atoms with van der Waals surface area (Å²) in [4.78, 5) is 5.49. The summed E-state index contributed by atoms with van der Waals surface area (Å²) in [6.45, 7) is 10.3. The lowest BCUT2D eigenvalue weighted by Crippen LogP contribution is -2.50. The van der Waals surface area contributed by atoms with Crippen molar-refractivity contribution in [3.05, 3.63) is 34.5 Å². The van der Waals surface area contributed by atoms with E-state index in [0.717, 1.165) is 26.3 Å². The Hall–Kier alpha value is -0.680. The van der Waals surface area contributed by atoms with Crippen molar-refractivity contribution >= 4 is 11.3 Å². The Morgan fingerprint density at radius 2 is 2.38 bits per heavy atom. The normalized spacial score (nSPS) is 29.5. The molecule has 1 aromatic heterocycles. The van der Waals surface area contributed by atoms with Gasteiger partial charge in [0.1, 0.15) is 0 Å². The van der Waals surface area contributed by atoms with E-state index in [9.17, 15) is 0 Å². The van der Waals surface area contributed by atoms with Gasteiger partial charge < -0.3 is 9.47 Å². The summed E-state index contributed by atoms with van der Waals surface area (Å²) in [7, 11) is 0. The smallest absolute Gasteiger partial charge is 0.0781 e. The van der Waals surface area contributed by atoms with Crippen LogP contribution in [0.3, 0.4) is 0 Å². The highest BCUT2D eigenvalue weighted by atomic mass is 32.1. The quantitative estimate of drug-likeness (QED) is 0.595. The highest BCUT2D eigenvalue weighted by Gasteiger charge is 2.42. The lowest BCUT2D eigenvalue weighted by Gasteiger charge is -2.39. The molecule has 4 heteroatoms. The SMILES string of the molecule is C=CCOC[C@@H]1CC[C@H]2[C@@H]1OCCN2Cc1ccc(C)s1. The third-order valence-electron chi connectivity index (χ3n) is 4.56. The average molecular weight is 307 g/mol. The van der Waals surface area contributed by atoms with Gasteiger partial charge in [-0.2, -0.15) is 0 Å². The fourth-order valence-electron chi connectivity index (χ4n) is 3.58. The van der Waals surface area contributed by atoms with Crippen molar-refractivity contribution in [3.63, 3.8) is 0 Å². The molecule has 1 aromatic rings. The molecule has 3 rings (SSSR count). The van der Waals surface area contributed by atoms with E-state index in [1.807, 2.05) is 17.4 Å². The number of fused-ring (bicyclic) bond motifs is 1. The zero-order chi connectivity index (χ0) is 14.7. The summed E-state index contributed by atoms with van der Waals surface area (Å²) in [5, 5.41) is 0. The van der Waals surface area contributed by atoms with Gasteiger partial charge in [-0.1, -0.05) is 6.08 Å². The number of hydrogen-bond acceptors (Lipinski definition) is 4. The molecule has 1 aliphatic heterocycles. The average Bonchev–Trinajstić information content (AvgIpc) is 3.07. The molecule has 0 unspecified atom stereocenters. The summed E-state index contributed by atoms with van der Waals surface area (Å²) >= 11 is 1.91. The number of nitrogens with zero attached hydrogens (tertiary/aromatic N) is 1. The first kappa shape index (κ1) is 15.2. The molecular formula is C17H25NO2S. The first-order valence-corrected chi connectivity index (χ1v) is 8.69. The van der Waals surface area contributed by atoms with Gasteiger partial charge in [-0.25, -0.2) is 0 Å². The van der Waals surface area contributed by atoms with Crippen LogP contribution in [0, 0.1) is 12.8 Å². The molecule has 1 saturated carbocycles. The van der Waals surface area contributed by atoms with Crippen LogP contribution in [0.4, 0.5) is 0 Å². The number of thiophene rings is 1. The predicted molar refractivity (Wildman–Crippen MR) is 86.7 cm³/mol. The standard InChI is InChI=1S/C17H25NO2S/c1-3-9-19-12-14-5-7-16-17(14)20-10-8-18(16)11-15-6-4-13(2)21-15/h3-4,6,14,16-17H,1,5,7-12H2,2H3/t14-,16-,17+/m0/s1. The Balaban J connectivity index is 1.59. The first-order valence-electron chi connectivity index (χ1n) is 7.87. The highest BCUT2D eigenvalue weighted by molar-refractivity contribution is 7.11. The molecule has 0 aromatic carbocycles. The summed E-state index contributed by atoms with van der Waals surface area (Å²) < 4.78 is 11.7. The first-order chi connectivity index (χ1) is 10.3. The van der Waals surface area contributed by atoms with Gasteiger partial charge >= 0.3 is 0 Å². The number of hydrogen-bond donors (Lipinski definition) is 0. The number of aryl methyl sites for hydroxylation is 1. The molecule has 0 spiro atoms. The molecule has 0 radical (unpaired) electrons. The van der Waals surface area contributed by atoms with Crippen LogP contribution in [-0.2, 0) is 16.0 Å². The van der Waals surface area contributed by atoms with Crippen LogP contribution >= 0.6 is 11.3 Å². The second kappa shape index (κ2) is 7.05. The maximum atomic E-state index is 6.07. The molecule has 21 heavy (non-hydrogen) atoms. The topological polar surface area (TPSA) is 21.7 Å². The molecule has 0 amide bonds. The summed E-state index contributed by atoms with van der Waals surface area (Å²) in [6.07, 6.45) is 4.62. The van der Waals surface area contributed by atoms with Gasteiger partial charge in [0, 0.05) is 34.8 Å². The second-order valence-corrected chi connectivity index (χ2v) is 7.42. The maximum absolute atomic E-state index is 6.07. The van der Waals surface area contributed by atoms with E-state index in [1.54, 1.807) is 0 Å². The molecule has 1 saturated heterocycles. The minimum absolute atomic E-state index is 0.352. The van der Waals surface area contributed by atoms with E-state index in [1.165, 1.54) is 22.6 Å². The van der Waals surface area contributed by atoms with Crippen LogP contribution in [-0.4, -0.2) is 43.4 Å². The van der Waals surface area contributed by atoms with Crippen molar-refractivity contribution < 1.29 is 9.47 Å². The molecule has 3 nitrogen and oxygen atoms in total. The second-order valence-electron chi connectivity index (χ2n) is 6.05. The van der Waals surface area contributed by atoms with Crippen molar-refractivity contribution in [2.45, 2.75) is 38.5 Å². The van der Waals surface area contributed by atoms with Crippen LogP contribution in [0.15, 0.2) is 24.8 Å². The van der Waals surface area contributed by atoms with Crippen molar-refractivity contribution in [2.75, 3.05) is 26.4 Å². The number of morpholine rings is 1. The van der Waals surface area contributed by atoms with Gasteiger partial charge in [0.2, 0.25) is 0 Å². The van der Waals surface area contributed by atoms with Gasteiger partial charge in [0.25, 0.3) is 0 Å². The number of ether oxygens (including phenoxy) is 2. The minimum atomic E-state index is 0.352. The Bertz CT molecular complexity index is 473. The van der Waals surface area contributed by atoms with Crippen LogP contribution in [0.2, 0.25) is 0 Å². The van der Waals surface area contributed by atoms with Crippen LogP contribution in [0.1, 0.15) is 22.6 Å². The van der Waals surface area contributed by atoms with Crippen molar-refractivity contribution in [2.24, 2.45) is 5.92 Å². The molecule has 116 valence electrons. The Morgan fingerprint density at radius 3 is 3.14 bits per heavy atom. The van der Waals surface area contributed by atoms with Crippen molar-refractivity contribution in [1.82, 2.24) is 4.90 Å².